The van der Waals surface area contributed by atoms with E-state index in [1.165, 1.54) is 12.7 Å². The van der Waals surface area contributed by atoms with E-state index in [1.54, 1.807) is 0 Å². The van der Waals surface area contributed by atoms with Crippen LogP contribution in [0.2, 0.25) is 0 Å². The number of aryl methyl sites for hydroxylation is 1. The highest BCUT2D eigenvalue weighted by Gasteiger charge is 2.26. The third-order valence-electron chi connectivity index (χ3n) is 3.53. The molecule has 1 aliphatic rings. The van der Waals surface area contributed by atoms with E-state index in [0.717, 1.165) is 38.2 Å². The SMILES string of the molecule is COC(=O)C1CCCN(Cc2ncccc2C)C1. The zero-order valence-corrected chi connectivity index (χ0v) is 11.1. The molecule has 1 aliphatic heterocycles. The van der Waals surface area contributed by atoms with Gasteiger partial charge in [-0.05, 0) is 37.9 Å². The molecule has 1 aromatic rings. The molecule has 0 saturated carbocycles. The summed E-state index contributed by atoms with van der Waals surface area (Å²) in [5, 5.41) is 0. The molecule has 4 nitrogen and oxygen atoms in total. The quantitative estimate of drug-likeness (QED) is 0.765. The van der Waals surface area contributed by atoms with Crippen molar-refractivity contribution in [2.75, 3.05) is 20.2 Å². The first-order chi connectivity index (χ1) is 8.70. The lowest BCUT2D eigenvalue weighted by molar-refractivity contribution is -0.147. The summed E-state index contributed by atoms with van der Waals surface area (Å²) in [6, 6.07) is 4.02. The van der Waals surface area contributed by atoms with Crippen LogP contribution in [0.1, 0.15) is 24.1 Å². The average molecular weight is 248 g/mol. The Morgan fingerprint density at radius 3 is 3.17 bits per heavy atom. The minimum absolute atomic E-state index is 0.0211. The second kappa shape index (κ2) is 5.96. The van der Waals surface area contributed by atoms with E-state index in [2.05, 4.69) is 22.9 Å². The Bertz CT molecular complexity index is 420. The highest BCUT2D eigenvalue weighted by molar-refractivity contribution is 5.72. The van der Waals surface area contributed by atoms with Gasteiger partial charge in [-0.25, -0.2) is 0 Å². The van der Waals surface area contributed by atoms with Gasteiger partial charge in [0.2, 0.25) is 0 Å². The molecular formula is C14H20N2O2. The highest BCUT2D eigenvalue weighted by atomic mass is 16.5. The zero-order valence-electron chi connectivity index (χ0n) is 11.1. The Hall–Kier alpha value is -1.42. The molecule has 0 bridgehead atoms. The van der Waals surface area contributed by atoms with Crippen LogP contribution in [0.4, 0.5) is 0 Å². The van der Waals surface area contributed by atoms with Gasteiger partial charge in [-0.2, -0.15) is 0 Å². The third-order valence-corrected chi connectivity index (χ3v) is 3.53. The van der Waals surface area contributed by atoms with Crippen molar-refractivity contribution in [3.05, 3.63) is 29.6 Å². The molecule has 1 atom stereocenters. The number of aromatic nitrogens is 1. The first-order valence-electron chi connectivity index (χ1n) is 6.41. The maximum Gasteiger partial charge on any atom is 0.309 e. The van der Waals surface area contributed by atoms with Crippen LogP contribution in [0.3, 0.4) is 0 Å². The van der Waals surface area contributed by atoms with Gasteiger partial charge in [-0.3, -0.25) is 14.7 Å². The van der Waals surface area contributed by atoms with Crippen molar-refractivity contribution in [1.29, 1.82) is 0 Å². The van der Waals surface area contributed by atoms with E-state index < -0.39 is 0 Å². The van der Waals surface area contributed by atoms with E-state index in [9.17, 15) is 4.79 Å². The van der Waals surface area contributed by atoms with Gasteiger partial charge < -0.3 is 4.74 Å². The molecule has 0 radical (unpaired) electrons. The summed E-state index contributed by atoms with van der Waals surface area (Å²) >= 11 is 0. The van der Waals surface area contributed by atoms with Crippen LogP contribution < -0.4 is 0 Å². The minimum atomic E-state index is -0.0857. The zero-order chi connectivity index (χ0) is 13.0. The van der Waals surface area contributed by atoms with Crippen LogP contribution >= 0.6 is 0 Å². The number of hydrogen-bond acceptors (Lipinski definition) is 4. The number of nitrogens with zero attached hydrogens (tertiary/aromatic N) is 2. The standard InChI is InChI=1S/C14H20N2O2/c1-11-5-3-7-15-13(11)10-16-8-4-6-12(9-16)14(17)18-2/h3,5,7,12H,4,6,8-10H2,1-2H3. The fraction of sp³-hybridized carbons (Fsp3) is 0.571. The fourth-order valence-electron chi connectivity index (χ4n) is 2.45. The second-order valence-corrected chi connectivity index (χ2v) is 4.86. The maximum atomic E-state index is 11.6. The van der Waals surface area contributed by atoms with Crippen LogP contribution in [0.25, 0.3) is 0 Å². The van der Waals surface area contributed by atoms with Gasteiger partial charge >= 0.3 is 5.97 Å². The molecule has 1 fully saturated rings. The predicted octanol–water partition coefficient (Wildman–Crippen LogP) is 1.78. The Morgan fingerprint density at radius 1 is 1.61 bits per heavy atom. The number of carbonyl (C=O) groups is 1. The minimum Gasteiger partial charge on any atom is -0.469 e. The molecule has 18 heavy (non-hydrogen) atoms. The van der Waals surface area contributed by atoms with Crippen LogP contribution in [0, 0.1) is 12.8 Å². The summed E-state index contributed by atoms with van der Waals surface area (Å²) in [7, 11) is 1.46. The Morgan fingerprint density at radius 2 is 2.44 bits per heavy atom. The van der Waals surface area contributed by atoms with Crippen molar-refractivity contribution in [1.82, 2.24) is 9.88 Å². The lowest BCUT2D eigenvalue weighted by Crippen LogP contribution is -2.38. The smallest absolute Gasteiger partial charge is 0.309 e. The van der Waals surface area contributed by atoms with Gasteiger partial charge in [0, 0.05) is 19.3 Å². The summed E-state index contributed by atoms with van der Waals surface area (Å²) in [5.74, 6) is -0.0646. The predicted molar refractivity (Wildman–Crippen MR) is 69.0 cm³/mol. The number of rotatable bonds is 3. The molecule has 2 rings (SSSR count). The molecule has 0 spiro atoms. The Labute approximate surface area is 108 Å². The fourth-order valence-corrected chi connectivity index (χ4v) is 2.45. The van der Waals surface area contributed by atoms with Gasteiger partial charge in [0.15, 0.2) is 0 Å². The molecule has 4 heteroatoms. The van der Waals surface area contributed by atoms with E-state index in [0.29, 0.717) is 0 Å². The molecule has 0 aliphatic carbocycles. The number of pyridine rings is 1. The first-order valence-corrected chi connectivity index (χ1v) is 6.41. The lowest BCUT2D eigenvalue weighted by atomic mass is 9.98. The van der Waals surface area contributed by atoms with Gasteiger partial charge in [0.1, 0.15) is 0 Å². The number of hydrogen-bond donors (Lipinski definition) is 0. The first kappa shape index (κ1) is 13.0. The number of piperidine rings is 1. The van der Waals surface area contributed by atoms with Gasteiger partial charge in [0.05, 0.1) is 18.7 Å². The number of methoxy groups -OCH3 is 1. The van der Waals surface area contributed by atoms with Crippen molar-refractivity contribution in [2.45, 2.75) is 26.3 Å². The molecule has 98 valence electrons. The lowest BCUT2D eigenvalue weighted by Gasteiger charge is -2.31. The van der Waals surface area contributed by atoms with Gasteiger partial charge in [-0.1, -0.05) is 6.07 Å². The van der Waals surface area contributed by atoms with E-state index in [1.807, 2.05) is 12.3 Å². The summed E-state index contributed by atoms with van der Waals surface area (Å²) in [5.41, 5.74) is 2.31. The van der Waals surface area contributed by atoms with Gasteiger partial charge in [0.25, 0.3) is 0 Å². The van der Waals surface area contributed by atoms with Crippen molar-refractivity contribution in [3.63, 3.8) is 0 Å². The number of likely N-dealkylation sites (tertiary alicyclic amines) is 1. The largest absolute Gasteiger partial charge is 0.469 e. The molecule has 0 aromatic carbocycles. The van der Waals surface area contributed by atoms with E-state index in [4.69, 9.17) is 4.74 Å². The summed E-state index contributed by atoms with van der Waals surface area (Å²) < 4.78 is 4.83. The van der Waals surface area contributed by atoms with E-state index in [-0.39, 0.29) is 11.9 Å². The van der Waals surface area contributed by atoms with Crippen molar-refractivity contribution in [2.24, 2.45) is 5.92 Å². The molecule has 1 saturated heterocycles. The summed E-state index contributed by atoms with van der Waals surface area (Å²) in [6.07, 6.45) is 3.81. The molecule has 0 N–H and O–H groups in total. The van der Waals surface area contributed by atoms with E-state index >= 15 is 0 Å². The molecule has 2 heterocycles. The highest BCUT2D eigenvalue weighted by Crippen LogP contribution is 2.19. The van der Waals surface area contributed by atoms with Gasteiger partial charge in [-0.15, -0.1) is 0 Å². The summed E-state index contributed by atoms with van der Waals surface area (Å²) in [4.78, 5) is 18.3. The topological polar surface area (TPSA) is 42.4 Å². The Balaban J connectivity index is 1.98. The Kier molecular flexibility index (Phi) is 4.31. The van der Waals surface area contributed by atoms with Crippen LogP contribution in [0.15, 0.2) is 18.3 Å². The summed E-state index contributed by atoms with van der Waals surface area (Å²) in [6.45, 7) is 4.70. The van der Waals surface area contributed by atoms with Crippen LogP contribution in [0.5, 0.6) is 0 Å². The maximum absolute atomic E-state index is 11.6. The number of ether oxygens (including phenoxy) is 1. The second-order valence-electron chi connectivity index (χ2n) is 4.86. The molecule has 0 amide bonds. The monoisotopic (exact) mass is 248 g/mol. The molecule has 1 unspecified atom stereocenters. The normalized spacial score (nSPS) is 20.7. The van der Waals surface area contributed by atoms with Crippen molar-refractivity contribution >= 4 is 5.97 Å². The van der Waals surface area contributed by atoms with Crippen LogP contribution in [-0.4, -0.2) is 36.1 Å². The average Bonchev–Trinajstić information content (AvgIpc) is 2.41. The van der Waals surface area contributed by atoms with Crippen molar-refractivity contribution < 1.29 is 9.53 Å². The molecular weight excluding hydrogens is 228 g/mol. The number of carbonyl (C=O) groups excluding carboxylic acids is 1. The number of esters is 1. The van der Waals surface area contributed by atoms with Crippen LogP contribution in [-0.2, 0) is 16.1 Å². The third kappa shape index (κ3) is 3.07. The molecule has 1 aromatic heterocycles. The van der Waals surface area contributed by atoms with Crippen molar-refractivity contribution in [3.8, 4) is 0 Å².